The number of hydrogen-bond acceptors (Lipinski definition) is 2. The third kappa shape index (κ3) is 6.61. The van der Waals surface area contributed by atoms with E-state index in [9.17, 15) is 13.2 Å². The molecule has 1 aromatic rings. The molecule has 0 saturated heterocycles. The normalized spacial score (nSPS) is 13.6. The molecule has 1 atom stereocenters. The first-order chi connectivity index (χ1) is 8.51. The molecular weight excluding hydrogens is 243 g/mol. The lowest BCUT2D eigenvalue weighted by atomic mass is 10.1. The molecule has 0 aromatic heterocycles. The lowest BCUT2D eigenvalue weighted by Gasteiger charge is -2.17. The van der Waals surface area contributed by atoms with Gasteiger partial charge < -0.3 is 10.1 Å². The van der Waals surface area contributed by atoms with Crippen molar-refractivity contribution in [3.05, 3.63) is 35.9 Å². The van der Waals surface area contributed by atoms with Crippen molar-refractivity contribution in [2.75, 3.05) is 20.3 Å². The summed E-state index contributed by atoms with van der Waals surface area (Å²) in [6.45, 7) is -1.11. The van der Waals surface area contributed by atoms with E-state index < -0.39 is 12.8 Å². The number of hydrogen-bond donors (Lipinski definition) is 1. The highest BCUT2D eigenvalue weighted by atomic mass is 19.4. The number of benzene rings is 1. The van der Waals surface area contributed by atoms with Crippen molar-refractivity contribution in [2.45, 2.75) is 25.1 Å². The van der Waals surface area contributed by atoms with Crippen LogP contribution < -0.4 is 5.32 Å². The van der Waals surface area contributed by atoms with Crippen LogP contribution in [0.3, 0.4) is 0 Å². The highest BCUT2D eigenvalue weighted by Gasteiger charge is 2.27. The molecule has 5 heteroatoms. The first-order valence-corrected chi connectivity index (χ1v) is 5.87. The zero-order valence-electron chi connectivity index (χ0n) is 10.3. The zero-order valence-corrected chi connectivity index (χ0v) is 10.3. The van der Waals surface area contributed by atoms with Crippen molar-refractivity contribution in [3.8, 4) is 0 Å². The molecule has 1 rings (SSSR count). The van der Waals surface area contributed by atoms with E-state index in [-0.39, 0.29) is 12.6 Å². The summed E-state index contributed by atoms with van der Waals surface area (Å²) in [4.78, 5) is 0. The zero-order chi connectivity index (χ0) is 13.4. The molecule has 0 bridgehead atoms. The number of rotatable bonds is 7. The fourth-order valence-corrected chi connectivity index (χ4v) is 1.61. The standard InChI is InChI=1S/C13H18F3NO/c1-17-12(9-18-10-13(14,15)16)8-7-11-5-3-2-4-6-11/h2-6,12,17H,7-10H2,1H3. The highest BCUT2D eigenvalue weighted by molar-refractivity contribution is 5.14. The average molecular weight is 261 g/mol. The number of aryl methyl sites for hydroxylation is 1. The van der Waals surface area contributed by atoms with Gasteiger partial charge in [0.2, 0.25) is 0 Å². The second kappa shape index (κ2) is 7.38. The first-order valence-electron chi connectivity index (χ1n) is 5.87. The molecule has 0 amide bonds. The van der Waals surface area contributed by atoms with E-state index >= 15 is 0 Å². The van der Waals surface area contributed by atoms with Crippen LogP contribution in [0.5, 0.6) is 0 Å². The minimum Gasteiger partial charge on any atom is -0.370 e. The molecule has 0 aliphatic rings. The summed E-state index contributed by atoms with van der Waals surface area (Å²) >= 11 is 0. The fourth-order valence-electron chi connectivity index (χ4n) is 1.61. The summed E-state index contributed by atoms with van der Waals surface area (Å²) in [5.41, 5.74) is 1.17. The smallest absolute Gasteiger partial charge is 0.370 e. The van der Waals surface area contributed by atoms with Gasteiger partial charge >= 0.3 is 6.18 Å². The van der Waals surface area contributed by atoms with Crippen molar-refractivity contribution >= 4 is 0 Å². The van der Waals surface area contributed by atoms with E-state index in [1.54, 1.807) is 7.05 Å². The van der Waals surface area contributed by atoms with Crippen molar-refractivity contribution < 1.29 is 17.9 Å². The minimum absolute atomic E-state index is 0.0624. The molecule has 1 unspecified atom stereocenters. The topological polar surface area (TPSA) is 21.3 Å². The van der Waals surface area contributed by atoms with Crippen LogP contribution in [0.15, 0.2) is 30.3 Å². The van der Waals surface area contributed by atoms with Gasteiger partial charge in [0.15, 0.2) is 0 Å². The van der Waals surface area contributed by atoms with E-state index in [1.165, 1.54) is 5.56 Å². The third-order valence-electron chi connectivity index (χ3n) is 2.62. The number of likely N-dealkylation sites (N-methyl/N-ethyl adjacent to an activating group) is 1. The Hall–Kier alpha value is -1.07. The maximum atomic E-state index is 11.9. The lowest BCUT2D eigenvalue weighted by Crippen LogP contribution is -2.32. The van der Waals surface area contributed by atoms with Gasteiger partial charge in [0, 0.05) is 6.04 Å². The van der Waals surface area contributed by atoms with E-state index in [2.05, 4.69) is 10.1 Å². The van der Waals surface area contributed by atoms with E-state index in [0.717, 1.165) is 12.8 Å². The van der Waals surface area contributed by atoms with Crippen molar-refractivity contribution in [2.24, 2.45) is 0 Å². The summed E-state index contributed by atoms with van der Waals surface area (Å²) in [5, 5.41) is 2.97. The van der Waals surface area contributed by atoms with Gasteiger partial charge in [-0.25, -0.2) is 0 Å². The van der Waals surface area contributed by atoms with Crippen LogP contribution in [0.2, 0.25) is 0 Å². The molecule has 18 heavy (non-hydrogen) atoms. The Labute approximate surface area is 105 Å². The van der Waals surface area contributed by atoms with Crippen LogP contribution >= 0.6 is 0 Å². The number of ether oxygens (including phenoxy) is 1. The van der Waals surface area contributed by atoms with Gasteiger partial charge in [0.25, 0.3) is 0 Å². The second-order valence-electron chi connectivity index (χ2n) is 4.14. The van der Waals surface area contributed by atoms with E-state index in [0.29, 0.717) is 0 Å². The Morgan fingerprint density at radius 2 is 1.89 bits per heavy atom. The maximum absolute atomic E-state index is 11.9. The molecule has 0 aliphatic carbocycles. The van der Waals surface area contributed by atoms with Crippen LogP contribution in [0, 0.1) is 0 Å². The third-order valence-corrected chi connectivity index (χ3v) is 2.62. The first kappa shape index (κ1) is 15.0. The highest BCUT2D eigenvalue weighted by Crippen LogP contribution is 2.14. The Kier molecular flexibility index (Phi) is 6.15. The predicted octanol–water partition coefficient (Wildman–Crippen LogP) is 2.79. The minimum atomic E-state index is -4.25. The Bertz CT molecular complexity index is 327. The van der Waals surface area contributed by atoms with E-state index in [1.807, 2.05) is 30.3 Å². The molecule has 2 nitrogen and oxygen atoms in total. The number of halogens is 3. The summed E-state index contributed by atoms with van der Waals surface area (Å²) in [7, 11) is 1.73. The van der Waals surface area contributed by atoms with Crippen LogP contribution in [0.1, 0.15) is 12.0 Å². The molecular formula is C13H18F3NO. The lowest BCUT2D eigenvalue weighted by molar-refractivity contribution is -0.175. The quantitative estimate of drug-likeness (QED) is 0.815. The molecule has 0 spiro atoms. The summed E-state index contributed by atoms with van der Waals surface area (Å²) in [6.07, 6.45) is -2.68. The molecule has 0 heterocycles. The Morgan fingerprint density at radius 3 is 2.44 bits per heavy atom. The summed E-state index contributed by atoms with van der Waals surface area (Å²) in [6, 6.07) is 9.78. The molecule has 0 fully saturated rings. The van der Waals surface area contributed by atoms with Crippen LogP contribution in [-0.4, -0.2) is 32.5 Å². The number of alkyl halides is 3. The SMILES string of the molecule is CNC(CCc1ccccc1)COCC(F)(F)F. The van der Waals surface area contributed by atoms with Crippen LogP contribution in [-0.2, 0) is 11.2 Å². The molecule has 1 aromatic carbocycles. The maximum Gasteiger partial charge on any atom is 0.411 e. The van der Waals surface area contributed by atoms with Crippen molar-refractivity contribution in [3.63, 3.8) is 0 Å². The van der Waals surface area contributed by atoms with Gasteiger partial charge in [-0.05, 0) is 25.5 Å². The van der Waals surface area contributed by atoms with Crippen molar-refractivity contribution in [1.82, 2.24) is 5.32 Å². The molecule has 0 aliphatic heterocycles. The van der Waals surface area contributed by atoms with Crippen LogP contribution in [0.25, 0.3) is 0 Å². The average Bonchev–Trinajstić information content (AvgIpc) is 2.33. The monoisotopic (exact) mass is 261 g/mol. The largest absolute Gasteiger partial charge is 0.411 e. The number of nitrogens with one attached hydrogen (secondary N) is 1. The van der Waals surface area contributed by atoms with Gasteiger partial charge in [0.05, 0.1) is 6.61 Å². The summed E-state index contributed by atoms with van der Waals surface area (Å²) in [5.74, 6) is 0. The molecule has 1 N–H and O–H groups in total. The fraction of sp³-hybridized carbons (Fsp3) is 0.538. The Balaban J connectivity index is 2.25. The molecule has 0 radical (unpaired) electrons. The van der Waals surface area contributed by atoms with Crippen molar-refractivity contribution in [1.29, 1.82) is 0 Å². The Morgan fingerprint density at radius 1 is 1.22 bits per heavy atom. The van der Waals surface area contributed by atoms with Gasteiger partial charge in [-0.3, -0.25) is 0 Å². The predicted molar refractivity (Wildman–Crippen MR) is 64.5 cm³/mol. The molecule has 102 valence electrons. The van der Waals surface area contributed by atoms with Crippen LogP contribution in [0.4, 0.5) is 13.2 Å². The van der Waals surface area contributed by atoms with Gasteiger partial charge in [-0.1, -0.05) is 30.3 Å². The molecule has 0 saturated carbocycles. The van der Waals surface area contributed by atoms with Gasteiger partial charge in [-0.15, -0.1) is 0 Å². The van der Waals surface area contributed by atoms with Gasteiger partial charge in [0.1, 0.15) is 6.61 Å². The van der Waals surface area contributed by atoms with Gasteiger partial charge in [-0.2, -0.15) is 13.2 Å². The second-order valence-corrected chi connectivity index (χ2v) is 4.14. The van der Waals surface area contributed by atoms with E-state index in [4.69, 9.17) is 0 Å². The summed E-state index contributed by atoms with van der Waals surface area (Å²) < 4.78 is 40.4.